The summed E-state index contributed by atoms with van der Waals surface area (Å²) in [4.78, 5) is 14.4. The molecule has 0 N–H and O–H groups in total. The van der Waals surface area contributed by atoms with Gasteiger partial charge in [-0.25, -0.2) is 0 Å². The van der Waals surface area contributed by atoms with Gasteiger partial charge >= 0.3 is 0 Å². The van der Waals surface area contributed by atoms with E-state index in [0.29, 0.717) is 18.8 Å². The first-order valence-corrected chi connectivity index (χ1v) is 8.66. The van der Waals surface area contributed by atoms with Crippen molar-refractivity contribution in [3.05, 3.63) is 58.6 Å². The van der Waals surface area contributed by atoms with Crippen LogP contribution < -0.4 is 9.47 Å². The molecule has 0 aliphatic rings. The number of carbonyl (C=O) groups is 1. The molecule has 0 aliphatic heterocycles. The molecule has 0 heterocycles. The zero-order valence-electron chi connectivity index (χ0n) is 14.2. The number of likely N-dealkylation sites (N-methyl/N-ethyl adjacent to an activating group) is 1. The van der Waals surface area contributed by atoms with Crippen LogP contribution in [0, 0.1) is 0 Å². The van der Waals surface area contributed by atoms with E-state index < -0.39 is 6.10 Å². The predicted octanol–water partition coefficient (Wildman–Crippen LogP) is 4.27. The molecule has 0 bridgehead atoms. The van der Waals surface area contributed by atoms with Gasteiger partial charge in [0.25, 0.3) is 5.91 Å². The molecule has 2 aromatic rings. The van der Waals surface area contributed by atoms with Crippen LogP contribution in [-0.4, -0.2) is 30.6 Å². The van der Waals surface area contributed by atoms with E-state index in [9.17, 15) is 4.79 Å². The van der Waals surface area contributed by atoms with Gasteiger partial charge in [-0.05, 0) is 55.8 Å². The minimum absolute atomic E-state index is 0.0313. The van der Waals surface area contributed by atoms with Gasteiger partial charge in [-0.2, -0.15) is 0 Å². The van der Waals surface area contributed by atoms with Gasteiger partial charge in [-0.3, -0.25) is 4.79 Å². The highest BCUT2D eigenvalue weighted by Crippen LogP contribution is 2.18. The van der Waals surface area contributed by atoms with Crippen LogP contribution in [0.2, 0.25) is 0 Å². The van der Waals surface area contributed by atoms with Gasteiger partial charge in [-0.1, -0.05) is 28.1 Å². The van der Waals surface area contributed by atoms with E-state index in [2.05, 4.69) is 15.9 Å². The molecule has 1 unspecified atom stereocenters. The monoisotopic (exact) mass is 391 g/mol. The fourth-order valence-corrected chi connectivity index (χ4v) is 2.59. The van der Waals surface area contributed by atoms with Crippen LogP contribution in [0.5, 0.6) is 11.5 Å². The fraction of sp³-hybridized carbons (Fsp3) is 0.316. The molecule has 24 heavy (non-hydrogen) atoms. The third kappa shape index (κ3) is 4.99. The van der Waals surface area contributed by atoms with Gasteiger partial charge < -0.3 is 14.4 Å². The Balaban J connectivity index is 1.99. The highest BCUT2D eigenvalue weighted by molar-refractivity contribution is 9.10. The standard InChI is InChI=1S/C19H22BrNO3/c1-4-21(13-15-5-9-17(23-3)10-6-15)19(22)14(2)24-18-11-7-16(20)8-12-18/h5-12,14H,4,13H2,1-3H3. The largest absolute Gasteiger partial charge is 0.497 e. The molecule has 0 fully saturated rings. The van der Waals surface area contributed by atoms with E-state index >= 15 is 0 Å². The average Bonchev–Trinajstić information content (AvgIpc) is 2.61. The second-order valence-electron chi connectivity index (χ2n) is 5.41. The van der Waals surface area contributed by atoms with E-state index in [1.807, 2.05) is 55.5 Å². The molecule has 1 atom stereocenters. The van der Waals surface area contributed by atoms with Gasteiger partial charge in [0.1, 0.15) is 11.5 Å². The van der Waals surface area contributed by atoms with Crippen molar-refractivity contribution in [3.63, 3.8) is 0 Å². The summed E-state index contributed by atoms with van der Waals surface area (Å²) in [6.45, 7) is 4.92. The Hall–Kier alpha value is -2.01. The minimum atomic E-state index is -0.538. The molecule has 4 nitrogen and oxygen atoms in total. The quantitative estimate of drug-likeness (QED) is 0.706. The number of rotatable bonds is 7. The van der Waals surface area contributed by atoms with E-state index in [-0.39, 0.29) is 5.91 Å². The Morgan fingerprint density at radius 3 is 2.21 bits per heavy atom. The molecular weight excluding hydrogens is 370 g/mol. The SMILES string of the molecule is CCN(Cc1ccc(OC)cc1)C(=O)C(C)Oc1ccc(Br)cc1. The Morgan fingerprint density at radius 1 is 1.08 bits per heavy atom. The summed E-state index contributed by atoms with van der Waals surface area (Å²) in [5.74, 6) is 1.45. The van der Waals surface area contributed by atoms with Crippen LogP contribution in [-0.2, 0) is 11.3 Å². The Morgan fingerprint density at radius 2 is 1.67 bits per heavy atom. The maximum Gasteiger partial charge on any atom is 0.263 e. The van der Waals surface area contributed by atoms with Crippen molar-refractivity contribution >= 4 is 21.8 Å². The molecular formula is C19H22BrNO3. The predicted molar refractivity (Wildman–Crippen MR) is 98.3 cm³/mol. The van der Waals surface area contributed by atoms with Crippen LogP contribution in [0.4, 0.5) is 0 Å². The lowest BCUT2D eigenvalue weighted by Gasteiger charge is -2.25. The molecule has 1 amide bonds. The minimum Gasteiger partial charge on any atom is -0.497 e. The van der Waals surface area contributed by atoms with Crippen LogP contribution in [0.15, 0.2) is 53.0 Å². The maximum absolute atomic E-state index is 12.6. The molecule has 0 aliphatic carbocycles. The van der Waals surface area contributed by atoms with Gasteiger partial charge in [0.15, 0.2) is 6.10 Å². The van der Waals surface area contributed by atoms with Gasteiger partial charge in [0.05, 0.1) is 7.11 Å². The van der Waals surface area contributed by atoms with Crippen molar-refractivity contribution in [2.45, 2.75) is 26.5 Å². The molecule has 0 radical (unpaired) electrons. The summed E-state index contributed by atoms with van der Waals surface area (Å²) < 4.78 is 11.9. The van der Waals surface area contributed by atoms with Crippen molar-refractivity contribution in [2.75, 3.05) is 13.7 Å². The summed E-state index contributed by atoms with van der Waals surface area (Å²) in [7, 11) is 1.64. The van der Waals surface area contributed by atoms with E-state index in [1.165, 1.54) is 0 Å². The van der Waals surface area contributed by atoms with Crippen LogP contribution >= 0.6 is 15.9 Å². The van der Waals surface area contributed by atoms with E-state index in [0.717, 1.165) is 15.8 Å². The number of benzene rings is 2. The fourth-order valence-electron chi connectivity index (χ4n) is 2.32. The second-order valence-corrected chi connectivity index (χ2v) is 6.33. The molecule has 0 saturated carbocycles. The van der Waals surface area contributed by atoms with Crippen molar-refractivity contribution in [1.29, 1.82) is 0 Å². The summed E-state index contributed by atoms with van der Waals surface area (Å²) >= 11 is 3.38. The zero-order valence-corrected chi connectivity index (χ0v) is 15.7. The number of carbonyl (C=O) groups excluding carboxylic acids is 1. The molecule has 0 aromatic heterocycles. The number of hydrogen-bond acceptors (Lipinski definition) is 3. The molecule has 128 valence electrons. The number of methoxy groups -OCH3 is 1. The summed E-state index contributed by atoms with van der Waals surface area (Å²) in [6, 6.07) is 15.2. The first kappa shape index (κ1) is 18.3. The lowest BCUT2D eigenvalue weighted by molar-refractivity contribution is -0.138. The Bertz CT molecular complexity index is 655. The van der Waals surface area contributed by atoms with Gasteiger partial charge in [0, 0.05) is 17.6 Å². The first-order valence-electron chi connectivity index (χ1n) is 7.87. The lowest BCUT2D eigenvalue weighted by Crippen LogP contribution is -2.39. The lowest BCUT2D eigenvalue weighted by atomic mass is 10.2. The van der Waals surface area contributed by atoms with Crippen LogP contribution in [0.3, 0.4) is 0 Å². The van der Waals surface area contributed by atoms with Gasteiger partial charge in [0.2, 0.25) is 0 Å². The maximum atomic E-state index is 12.6. The number of hydrogen-bond donors (Lipinski definition) is 0. The molecule has 2 aromatic carbocycles. The number of amides is 1. The summed E-state index contributed by atoms with van der Waals surface area (Å²) in [5.41, 5.74) is 1.06. The molecule has 0 saturated heterocycles. The molecule has 5 heteroatoms. The smallest absolute Gasteiger partial charge is 0.263 e. The number of nitrogens with zero attached hydrogens (tertiary/aromatic N) is 1. The number of halogens is 1. The van der Waals surface area contributed by atoms with E-state index in [1.54, 1.807) is 18.9 Å². The second kappa shape index (κ2) is 8.73. The van der Waals surface area contributed by atoms with E-state index in [4.69, 9.17) is 9.47 Å². The number of ether oxygens (including phenoxy) is 2. The Kier molecular flexibility index (Phi) is 6.67. The first-order chi connectivity index (χ1) is 11.5. The third-order valence-corrected chi connectivity index (χ3v) is 4.23. The highest BCUT2D eigenvalue weighted by atomic mass is 79.9. The molecule has 0 spiro atoms. The van der Waals surface area contributed by atoms with Crippen molar-refractivity contribution in [1.82, 2.24) is 4.90 Å². The van der Waals surface area contributed by atoms with Crippen molar-refractivity contribution in [3.8, 4) is 11.5 Å². The van der Waals surface area contributed by atoms with Crippen LogP contribution in [0.25, 0.3) is 0 Å². The van der Waals surface area contributed by atoms with Crippen molar-refractivity contribution in [2.24, 2.45) is 0 Å². The zero-order chi connectivity index (χ0) is 17.5. The normalized spacial score (nSPS) is 11.7. The van der Waals surface area contributed by atoms with Crippen LogP contribution in [0.1, 0.15) is 19.4 Å². The average molecular weight is 392 g/mol. The molecule has 2 rings (SSSR count). The van der Waals surface area contributed by atoms with Gasteiger partial charge in [-0.15, -0.1) is 0 Å². The topological polar surface area (TPSA) is 38.8 Å². The summed E-state index contributed by atoms with van der Waals surface area (Å²) in [6.07, 6.45) is -0.538. The van der Waals surface area contributed by atoms with Crippen molar-refractivity contribution < 1.29 is 14.3 Å². The Labute approximate surface area is 151 Å². The highest BCUT2D eigenvalue weighted by Gasteiger charge is 2.21. The summed E-state index contributed by atoms with van der Waals surface area (Å²) in [5, 5.41) is 0. The third-order valence-electron chi connectivity index (χ3n) is 3.70.